The first-order valence-corrected chi connectivity index (χ1v) is 9.23. The number of amides is 1. The number of rotatable bonds is 4. The van der Waals surface area contributed by atoms with Crippen LogP contribution >= 0.6 is 34.5 Å². The van der Waals surface area contributed by atoms with Crippen molar-refractivity contribution in [2.45, 2.75) is 26.3 Å². The molecule has 1 aromatic carbocycles. The first-order chi connectivity index (χ1) is 11.9. The van der Waals surface area contributed by atoms with Crippen LogP contribution in [0.5, 0.6) is 0 Å². The van der Waals surface area contributed by atoms with Crippen molar-refractivity contribution < 1.29 is 4.79 Å². The maximum Gasteiger partial charge on any atom is 0.262 e. The number of halogens is 2. The smallest absolute Gasteiger partial charge is 0.262 e. The molecular weight excluding hydrogens is 381 g/mol. The second-order valence-corrected chi connectivity index (χ2v) is 7.49. The molecule has 0 saturated carbocycles. The molecule has 1 unspecified atom stereocenters. The Labute approximate surface area is 158 Å². The molecule has 0 spiro atoms. The summed E-state index contributed by atoms with van der Waals surface area (Å²) in [5.74, 6) is -0.377. The summed E-state index contributed by atoms with van der Waals surface area (Å²) in [6, 6.07) is 5.88. The lowest BCUT2D eigenvalue weighted by Gasteiger charge is -2.15. The highest BCUT2D eigenvalue weighted by Crippen LogP contribution is 2.26. The molecular formula is C17H15Cl2N3O2S. The normalized spacial score (nSPS) is 12.3. The van der Waals surface area contributed by atoms with E-state index in [1.54, 1.807) is 25.1 Å². The Morgan fingerprint density at radius 2 is 2.12 bits per heavy atom. The highest BCUT2D eigenvalue weighted by atomic mass is 35.5. The standard InChI is InChI=1S/C17H15Cl2N3O2S/c1-3-11-7-12-16(25-11)20-8-22(17(12)24)9(2)15(23)21-14-6-10(18)4-5-13(14)19/h4-9H,3H2,1-2H3,(H,21,23). The molecule has 1 amide bonds. The highest BCUT2D eigenvalue weighted by Gasteiger charge is 2.19. The van der Waals surface area contributed by atoms with Crippen LogP contribution in [0.2, 0.25) is 10.0 Å². The van der Waals surface area contributed by atoms with E-state index < -0.39 is 6.04 Å². The largest absolute Gasteiger partial charge is 0.323 e. The van der Waals surface area contributed by atoms with E-state index in [1.165, 1.54) is 22.2 Å². The van der Waals surface area contributed by atoms with E-state index in [1.807, 2.05) is 13.0 Å². The predicted molar refractivity (Wildman–Crippen MR) is 103 cm³/mol. The molecule has 0 aliphatic rings. The van der Waals surface area contributed by atoms with Gasteiger partial charge in [0, 0.05) is 9.90 Å². The Bertz CT molecular complexity index is 1010. The molecule has 0 aliphatic heterocycles. The highest BCUT2D eigenvalue weighted by molar-refractivity contribution is 7.18. The first-order valence-electron chi connectivity index (χ1n) is 7.66. The SMILES string of the molecule is CCc1cc2c(=O)n(C(C)C(=O)Nc3cc(Cl)ccc3Cl)cnc2s1. The molecule has 1 atom stereocenters. The predicted octanol–water partition coefficient (Wildman–Crippen LogP) is 4.53. The number of hydrogen-bond acceptors (Lipinski definition) is 4. The lowest BCUT2D eigenvalue weighted by molar-refractivity contribution is -0.118. The summed E-state index contributed by atoms with van der Waals surface area (Å²) in [5, 5.41) is 4.06. The van der Waals surface area contributed by atoms with Gasteiger partial charge >= 0.3 is 0 Å². The average Bonchev–Trinajstić information content (AvgIpc) is 3.02. The molecule has 0 radical (unpaired) electrons. The zero-order valence-electron chi connectivity index (χ0n) is 13.5. The summed E-state index contributed by atoms with van der Waals surface area (Å²) in [5.41, 5.74) is 0.165. The fraction of sp³-hybridized carbons (Fsp3) is 0.235. The van der Waals surface area contributed by atoms with Gasteiger partial charge in [0.1, 0.15) is 10.9 Å². The summed E-state index contributed by atoms with van der Waals surface area (Å²) in [4.78, 5) is 31.3. The number of benzene rings is 1. The Kier molecular flexibility index (Phi) is 5.13. The van der Waals surface area contributed by atoms with E-state index >= 15 is 0 Å². The monoisotopic (exact) mass is 395 g/mol. The van der Waals surface area contributed by atoms with E-state index in [0.29, 0.717) is 25.9 Å². The summed E-state index contributed by atoms with van der Waals surface area (Å²) < 4.78 is 1.32. The number of carbonyl (C=O) groups excluding carboxylic acids is 1. The lowest BCUT2D eigenvalue weighted by Crippen LogP contribution is -2.31. The molecule has 25 heavy (non-hydrogen) atoms. The fourth-order valence-electron chi connectivity index (χ4n) is 2.39. The Morgan fingerprint density at radius 1 is 1.36 bits per heavy atom. The van der Waals surface area contributed by atoms with Crippen molar-refractivity contribution in [3.05, 3.63) is 55.9 Å². The maximum atomic E-state index is 12.7. The molecule has 3 aromatic rings. The van der Waals surface area contributed by atoms with Gasteiger partial charge in [-0.3, -0.25) is 14.2 Å². The topological polar surface area (TPSA) is 64.0 Å². The molecule has 0 saturated heterocycles. The Balaban J connectivity index is 1.92. The number of fused-ring (bicyclic) bond motifs is 1. The van der Waals surface area contributed by atoms with Gasteiger partial charge in [-0.25, -0.2) is 4.98 Å². The molecule has 2 heterocycles. The third kappa shape index (κ3) is 3.56. The number of hydrogen-bond donors (Lipinski definition) is 1. The number of aryl methyl sites for hydroxylation is 1. The third-order valence-electron chi connectivity index (χ3n) is 3.86. The zero-order chi connectivity index (χ0) is 18.1. The maximum absolute atomic E-state index is 12.7. The fourth-order valence-corrected chi connectivity index (χ4v) is 3.66. The van der Waals surface area contributed by atoms with E-state index in [0.717, 1.165) is 11.3 Å². The van der Waals surface area contributed by atoms with Crippen LogP contribution < -0.4 is 10.9 Å². The number of thiophene rings is 1. The van der Waals surface area contributed by atoms with Crippen molar-refractivity contribution in [3.63, 3.8) is 0 Å². The van der Waals surface area contributed by atoms with Crippen molar-refractivity contribution in [3.8, 4) is 0 Å². The molecule has 5 nitrogen and oxygen atoms in total. The van der Waals surface area contributed by atoms with Crippen molar-refractivity contribution in [2.75, 3.05) is 5.32 Å². The molecule has 8 heteroatoms. The van der Waals surface area contributed by atoms with Gasteiger partial charge in [-0.15, -0.1) is 11.3 Å². The van der Waals surface area contributed by atoms with Gasteiger partial charge in [-0.05, 0) is 37.6 Å². The quantitative estimate of drug-likeness (QED) is 0.705. The van der Waals surface area contributed by atoms with Crippen molar-refractivity contribution in [1.29, 1.82) is 0 Å². The van der Waals surface area contributed by atoms with Gasteiger partial charge in [-0.1, -0.05) is 30.1 Å². The van der Waals surface area contributed by atoms with E-state index in [2.05, 4.69) is 10.3 Å². The van der Waals surface area contributed by atoms with E-state index in [4.69, 9.17) is 23.2 Å². The molecule has 2 aromatic heterocycles. The molecule has 0 aliphatic carbocycles. The molecule has 3 rings (SSSR count). The third-order valence-corrected chi connectivity index (χ3v) is 5.61. The molecule has 130 valence electrons. The first kappa shape index (κ1) is 17.9. The van der Waals surface area contributed by atoms with Crippen molar-refractivity contribution >= 4 is 56.3 Å². The second-order valence-electron chi connectivity index (χ2n) is 5.53. The van der Waals surface area contributed by atoms with Crippen LogP contribution in [0.15, 0.2) is 35.4 Å². The van der Waals surface area contributed by atoms with Crippen LogP contribution in [0.3, 0.4) is 0 Å². The van der Waals surface area contributed by atoms with Gasteiger partial charge in [0.15, 0.2) is 0 Å². The Morgan fingerprint density at radius 3 is 2.84 bits per heavy atom. The number of aromatic nitrogens is 2. The summed E-state index contributed by atoms with van der Waals surface area (Å²) in [7, 11) is 0. The van der Waals surface area contributed by atoms with Gasteiger partial charge in [0.2, 0.25) is 5.91 Å². The van der Waals surface area contributed by atoms with Gasteiger partial charge < -0.3 is 5.32 Å². The van der Waals surface area contributed by atoms with E-state index in [-0.39, 0.29) is 11.5 Å². The summed E-state index contributed by atoms with van der Waals surface area (Å²) >= 11 is 13.5. The zero-order valence-corrected chi connectivity index (χ0v) is 15.9. The number of nitrogens with zero attached hydrogens (tertiary/aromatic N) is 2. The summed E-state index contributed by atoms with van der Waals surface area (Å²) in [6.07, 6.45) is 2.24. The van der Waals surface area contributed by atoms with Gasteiger partial charge in [-0.2, -0.15) is 0 Å². The van der Waals surface area contributed by atoms with Gasteiger partial charge in [0.05, 0.1) is 22.4 Å². The minimum atomic E-state index is -0.746. The minimum absolute atomic E-state index is 0.235. The Hall–Kier alpha value is -1.89. The van der Waals surface area contributed by atoms with Crippen LogP contribution in [0, 0.1) is 0 Å². The molecule has 0 fully saturated rings. The number of anilines is 1. The van der Waals surface area contributed by atoms with Crippen LogP contribution in [-0.4, -0.2) is 15.5 Å². The minimum Gasteiger partial charge on any atom is -0.323 e. The van der Waals surface area contributed by atoms with Gasteiger partial charge in [0.25, 0.3) is 5.56 Å². The van der Waals surface area contributed by atoms with Crippen molar-refractivity contribution in [1.82, 2.24) is 9.55 Å². The molecule has 0 bridgehead atoms. The lowest BCUT2D eigenvalue weighted by atomic mass is 10.2. The molecule has 1 N–H and O–H groups in total. The van der Waals surface area contributed by atoms with Crippen LogP contribution in [0.4, 0.5) is 5.69 Å². The second kappa shape index (κ2) is 7.15. The number of carbonyl (C=O) groups is 1. The van der Waals surface area contributed by atoms with Crippen LogP contribution in [-0.2, 0) is 11.2 Å². The average molecular weight is 396 g/mol. The van der Waals surface area contributed by atoms with Crippen LogP contribution in [0.1, 0.15) is 24.8 Å². The number of nitrogens with one attached hydrogen (secondary N) is 1. The summed E-state index contributed by atoms with van der Waals surface area (Å²) in [6.45, 7) is 3.66. The van der Waals surface area contributed by atoms with Crippen molar-refractivity contribution in [2.24, 2.45) is 0 Å². The van der Waals surface area contributed by atoms with Crippen LogP contribution in [0.25, 0.3) is 10.2 Å². The van der Waals surface area contributed by atoms with E-state index in [9.17, 15) is 9.59 Å².